The highest BCUT2D eigenvalue weighted by Crippen LogP contribution is 2.21. The van der Waals surface area contributed by atoms with E-state index in [9.17, 15) is 4.79 Å². The monoisotopic (exact) mass is 262 g/mol. The predicted molar refractivity (Wildman–Crippen MR) is 76.6 cm³/mol. The van der Waals surface area contributed by atoms with E-state index in [0.29, 0.717) is 11.6 Å². The van der Waals surface area contributed by atoms with Crippen molar-refractivity contribution in [2.45, 2.75) is 32.2 Å². The molecule has 0 amide bonds. The van der Waals surface area contributed by atoms with Gasteiger partial charge < -0.3 is 15.4 Å². The molecule has 0 bridgehead atoms. The molecule has 0 saturated carbocycles. The first-order valence-electron chi connectivity index (χ1n) is 6.87. The van der Waals surface area contributed by atoms with E-state index < -0.39 is 0 Å². The highest BCUT2D eigenvalue weighted by atomic mass is 16.5. The van der Waals surface area contributed by atoms with Crippen LogP contribution in [0.1, 0.15) is 35.2 Å². The zero-order chi connectivity index (χ0) is 13.7. The standard InChI is InChI=1S/C15H22N2O2/c1-11-5-6-12(15(18)19-2)10-14(11)17-13-4-3-8-16-9-7-13/h5-6,10,13,16-17H,3-4,7-9H2,1-2H3. The van der Waals surface area contributed by atoms with Gasteiger partial charge in [-0.25, -0.2) is 4.79 Å². The van der Waals surface area contributed by atoms with Crippen molar-refractivity contribution in [3.63, 3.8) is 0 Å². The van der Waals surface area contributed by atoms with Crippen LogP contribution in [-0.4, -0.2) is 32.2 Å². The van der Waals surface area contributed by atoms with Crippen molar-refractivity contribution in [1.29, 1.82) is 0 Å². The topological polar surface area (TPSA) is 50.4 Å². The first-order valence-corrected chi connectivity index (χ1v) is 6.87. The van der Waals surface area contributed by atoms with Gasteiger partial charge in [0.15, 0.2) is 0 Å². The Morgan fingerprint density at radius 1 is 1.37 bits per heavy atom. The van der Waals surface area contributed by atoms with Crippen LogP contribution in [0.3, 0.4) is 0 Å². The SMILES string of the molecule is COC(=O)c1ccc(C)c(NC2CCCNCC2)c1. The molecule has 19 heavy (non-hydrogen) atoms. The summed E-state index contributed by atoms with van der Waals surface area (Å²) >= 11 is 0. The van der Waals surface area contributed by atoms with Gasteiger partial charge in [0.05, 0.1) is 12.7 Å². The van der Waals surface area contributed by atoms with E-state index in [1.165, 1.54) is 13.5 Å². The van der Waals surface area contributed by atoms with Crippen molar-refractivity contribution in [2.24, 2.45) is 0 Å². The van der Waals surface area contributed by atoms with Crippen LogP contribution in [0.5, 0.6) is 0 Å². The molecule has 1 unspecified atom stereocenters. The Bertz CT molecular complexity index is 438. The smallest absolute Gasteiger partial charge is 0.337 e. The van der Waals surface area contributed by atoms with Crippen LogP contribution >= 0.6 is 0 Å². The molecule has 1 saturated heterocycles. The molecular formula is C15H22N2O2. The zero-order valence-corrected chi connectivity index (χ0v) is 11.7. The summed E-state index contributed by atoms with van der Waals surface area (Å²) in [6.45, 7) is 4.20. The van der Waals surface area contributed by atoms with Crippen molar-refractivity contribution < 1.29 is 9.53 Å². The van der Waals surface area contributed by atoms with Crippen LogP contribution < -0.4 is 10.6 Å². The fourth-order valence-corrected chi connectivity index (χ4v) is 2.41. The average Bonchev–Trinajstić information content (AvgIpc) is 2.69. The van der Waals surface area contributed by atoms with Crippen molar-refractivity contribution in [2.75, 3.05) is 25.5 Å². The quantitative estimate of drug-likeness (QED) is 0.821. The number of ether oxygens (including phenoxy) is 1. The van der Waals surface area contributed by atoms with E-state index in [0.717, 1.165) is 37.2 Å². The minimum atomic E-state index is -0.286. The number of esters is 1. The minimum Gasteiger partial charge on any atom is -0.465 e. The number of methoxy groups -OCH3 is 1. The van der Waals surface area contributed by atoms with Crippen molar-refractivity contribution >= 4 is 11.7 Å². The molecule has 0 aromatic heterocycles. The maximum absolute atomic E-state index is 11.6. The van der Waals surface area contributed by atoms with Crippen LogP contribution in [0.2, 0.25) is 0 Å². The highest BCUT2D eigenvalue weighted by molar-refractivity contribution is 5.90. The maximum atomic E-state index is 11.6. The van der Waals surface area contributed by atoms with Gasteiger partial charge in [-0.1, -0.05) is 6.07 Å². The lowest BCUT2D eigenvalue weighted by molar-refractivity contribution is 0.0601. The molecule has 1 aliphatic heterocycles. The molecule has 0 radical (unpaired) electrons. The van der Waals surface area contributed by atoms with E-state index in [2.05, 4.69) is 17.6 Å². The van der Waals surface area contributed by atoms with Crippen LogP contribution in [0, 0.1) is 6.92 Å². The third-order valence-electron chi connectivity index (χ3n) is 3.59. The fourth-order valence-electron chi connectivity index (χ4n) is 2.41. The van der Waals surface area contributed by atoms with Gasteiger partial charge in [-0.2, -0.15) is 0 Å². The Kier molecular flexibility index (Phi) is 4.80. The van der Waals surface area contributed by atoms with E-state index >= 15 is 0 Å². The molecule has 1 aliphatic rings. The molecule has 1 heterocycles. The van der Waals surface area contributed by atoms with E-state index in [1.54, 1.807) is 6.07 Å². The molecule has 0 spiro atoms. The largest absolute Gasteiger partial charge is 0.465 e. The van der Waals surface area contributed by atoms with E-state index in [4.69, 9.17) is 4.74 Å². The van der Waals surface area contributed by atoms with Crippen molar-refractivity contribution in [3.8, 4) is 0 Å². The summed E-state index contributed by atoms with van der Waals surface area (Å²) in [5, 5.41) is 6.96. The van der Waals surface area contributed by atoms with Crippen LogP contribution in [0.15, 0.2) is 18.2 Å². The normalized spacial score (nSPS) is 19.6. The van der Waals surface area contributed by atoms with Crippen LogP contribution in [-0.2, 0) is 4.74 Å². The molecule has 4 heteroatoms. The number of carbonyl (C=O) groups excluding carboxylic acids is 1. The zero-order valence-electron chi connectivity index (χ0n) is 11.7. The third-order valence-corrected chi connectivity index (χ3v) is 3.59. The number of hydrogen-bond donors (Lipinski definition) is 2. The molecule has 104 valence electrons. The second-order valence-electron chi connectivity index (χ2n) is 5.04. The summed E-state index contributed by atoms with van der Waals surface area (Å²) in [6.07, 6.45) is 3.46. The lowest BCUT2D eigenvalue weighted by atomic mass is 10.1. The number of carbonyl (C=O) groups is 1. The summed E-state index contributed by atoms with van der Waals surface area (Å²) in [5.74, 6) is -0.286. The van der Waals surface area contributed by atoms with Gasteiger partial charge >= 0.3 is 5.97 Å². The number of anilines is 1. The van der Waals surface area contributed by atoms with Gasteiger partial charge in [0.2, 0.25) is 0 Å². The molecule has 1 aromatic rings. The first kappa shape index (κ1) is 13.9. The molecule has 4 nitrogen and oxygen atoms in total. The molecule has 1 atom stereocenters. The highest BCUT2D eigenvalue weighted by Gasteiger charge is 2.14. The van der Waals surface area contributed by atoms with Gasteiger partial charge in [-0.05, 0) is 57.0 Å². The summed E-state index contributed by atoms with van der Waals surface area (Å²) < 4.78 is 4.76. The number of benzene rings is 1. The van der Waals surface area contributed by atoms with Gasteiger partial charge in [-0.3, -0.25) is 0 Å². The van der Waals surface area contributed by atoms with Gasteiger partial charge in [-0.15, -0.1) is 0 Å². The van der Waals surface area contributed by atoms with E-state index in [-0.39, 0.29) is 5.97 Å². The van der Waals surface area contributed by atoms with Gasteiger partial charge in [0.1, 0.15) is 0 Å². The van der Waals surface area contributed by atoms with E-state index in [1.807, 2.05) is 12.1 Å². The maximum Gasteiger partial charge on any atom is 0.337 e. The van der Waals surface area contributed by atoms with Crippen molar-refractivity contribution in [3.05, 3.63) is 29.3 Å². The lowest BCUT2D eigenvalue weighted by Gasteiger charge is -2.19. The Balaban J connectivity index is 2.11. The van der Waals surface area contributed by atoms with Gasteiger partial charge in [0.25, 0.3) is 0 Å². The Hall–Kier alpha value is -1.55. The number of hydrogen-bond acceptors (Lipinski definition) is 4. The van der Waals surface area contributed by atoms with Crippen LogP contribution in [0.25, 0.3) is 0 Å². The summed E-state index contributed by atoms with van der Waals surface area (Å²) in [5.41, 5.74) is 2.79. The third kappa shape index (κ3) is 3.70. The van der Waals surface area contributed by atoms with Gasteiger partial charge in [0, 0.05) is 11.7 Å². The predicted octanol–water partition coefficient (Wildman–Crippen LogP) is 2.34. The molecule has 1 aromatic carbocycles. The minimum absolute atomic E-state index is 0.286. The molecule has 0 aliphatic carbocycles. The lowest BCUT2D eigenvalue weighted by Crippen LogP contribution is -2.22. The summed E-state index contributed by atoms with van der Waals surface area (Å²) in [4.78, 5) is 11.6. The fraction of sp³-hybridized carbons (Fsp3) is 0.533. The average molecular weight is 262 g/mol. The second-order valence-corrected chi connectivity index (χ2v) is 5.04. The summed E-state index contributed by atoms with van der Waals surface area (Å²) in [7, 11) is 1.41. The number of rotatable bonds is 3. The Morgan fingerprint density at radius 3 is 3.00 bits per heavy atom. The molecular weight excluding hydrogens is 240 g/mol. The number of nitrogens with one attached hydrogen (secondary N) is 2. The Labute approximate surface area is 114 Å². The second kappa shape index (κ2) is 6.57. The summed E-state index contributed by atoms with van der Waals surface area (Å²) in [6, 6.07) is 6.13. The molecule has 2 rings (SSSR count). The first-order chi connectivity index (χ1) is 9.20. The Morgan fingerprint density at radius 2 is 2.21 bits per heavy atom. The van der Waals surface area contributed by atoms with Crippen LogP contribution in [0.4, 0.5) is 5.69 Å². The number of aryl methyl sites for hydroxylation is 1. The molecule has 1 fully saturated rings. The van der Waals surface area contributed by atoms with Crippen molar-refractivity contribution in [1.82, 2.24) is 5.32 Å². The molecule has 2 N–H and O–H groups in total.